The van der Waals surface area contributed by atoms with Crippen LogP contribution in [0.4, 0.5) is 0 Å². The van der Waals surface area contributed by atoms with Crippen molar-refractivity contribution in [3.05, 3.63) is 85.1 Å². The highest BCUT2D eigenvalue weighted by molar-refractivity contribution is 7.47. The molecule has 1 amide bonds. The van der Waals surface area contributed by atoms with Crippen LogP contribution in [-0.2, 0) is 27.9 Å². The number of hydrogen-bond donors (Lipinski definition) is 2. The first kappa shape index (κ1) is 72.2. The van der Waals surface area contributed by atoms with Crippen LogP contribution in [0.1, 0.15) is 265 Å². The second-order valence-electron chi connectivity index (χ2n) is 21.9. The van der Waals surface area contributed by atoms with Crippen molar-refractivity contribution in [2.24, 2.45) is 0 Å². The Morgan fingerprint density at radius 2 is 0.907 bits per heavy atom. The number of ether oxygens (including phenoxy) is 1. The Hall–Kier alpha value is -2.81. The molecule has 9 nitrogen and oxygen atoms in total. The second kappa shape index (κ2) is 54.5. The third-order valence-electron chi connectivity index (χ3n) is 13.4. The van der Waals surface area contributed by atoms with Crippen LogP contribution in [0, 0.1) is 0 Å². The number of esters is 1. The van der Waals surface area contributed by atoms with Gasteiger partial charge < -0.3 is 19.4 Å². The summed E-state index contributed by atoms with van der Waals surface area (Å²) in [6, 6.07) is -0.862. The Kier molecular flexibility index (Phi) is 52.5. The van der Waals surface area contributed by atoms with Gasteiger partial charge >= 0.3 is 13.8 Å². The number of carbonyl (C=O) groups is 2. The molecule has 0 aliphatic carbocycles. The van der Waals surface area contributed by atoms with Crippen LogP contribution < -0.4 is 5.32 Å². The van der Waals surface area contributed by atoms with Crippen molar-refractivity contribution in [1.29, 1.82) is 0 Å². The fourth-order valence-electron chi connectivity index (χ4n) is 8.59. The van der Waals surface area contributed by atoms with Crippen molar-refractivity contribution in [2.45, 2.75) is 277 Å². The molecule has 0 aliphatic rings. The minimum Gasteiger partial charge on any atom is -0.456 e. The number of hydrogen-bond acceptors (Lipinski definition) is 6. The predicted molar refractivity (Wildman–Crippen MR) is 323 cm³/mol. The zero-order valence-electron chi connectivity index (χ0n) is 49.5. The summed E-state index contributed by atoms with van der Waals surface area (Å²) in [5.74, 6) is -0.528. The van der Waals surface area contributed by atoms with E-state index in [1.54, 1.807) is 0 Å². The summed E-state index contributed by atoms with van der Waals surface area (Å²) in [5, 5.41) is 3.05. The number of carbonyl (C=O) groups excluding carboxylic acids is 2. The average Bonchev–Trinajstić information content (AvgIpc) is 3.37. The van der Waals surface area contributed by atoms with Gasteiger partial charge in [0.2, 0.25) is 5.91 Å². The van der Waals surface area contributed by atoms with Gasteiger partial charge in [-0.3, -0.25) is 18.6 Å². The Morgan fingerprint density at radius 3 is 1.41 bits per heavy atom. The number of nitrogens with one attached hydrogen (secondary N) is 1. The van der Waals surface area contributed by atoms with Gasteiger partial charge in [-0.05, 0) is 89.5 Å². The number of allylic oxidation sites excluding steroid dienone is 13. The summed E-state index contributed by atoms with van der Waals surface area (Å²) in [7, 11) is 1.47. The highest BCUT2D eigenvalue weighted by atomic mass is 31.2. The van der Waals surface area contributed by atoms with Crippen LogP contribution in [-0.4, -0.2) is 74.3 Å². The van der Waals surface area contributed by atoms with E-state index >= 15 is 0 Å². The maximum atomic E-state index is 13.5. The predicted octanol–water partition coefficient (Wildman–Crippen LogP) is 19.0. The van der Waals surface area contributed by atoms with Crippen molar-refractivity contribution in [3.8, 4) is 0 Å². The molecule has 0 heterocycles. The third-order valence-corrected chi connectivity index (χ3v) is 14.4. The van der Waals surface area contributed by atoms with E-state index in [9.17, 15) is 19.0 Å². The zero-order valence-corrected chi connectivity index (χ0v) is 50.4. The number of nitrogens with zero attached hydrogens (tertiary/aromatic N) is 1. The van der Waals surface area contributed by atoms with E-state index in [1.165, 1.54) is 128 Å². The van der Waals surface area contributed by atoms with Crippen molar-refractivity contribution in [3.63, 3.8) is 0 Å². The van der Waals surface area contributed by atoms with Gasteiger partial charge in [0.25, 0.3) is 0 Å². The normalized spacial score (nSPS) is 14.3. The lowest BCUT2D eigenvalue weighted by molar-refractivity contribution is -0.870. The molecular weight excluding hydrogens is 952 g/mol. The highest BCUT2D eigenvalue weighted by Crippen LogP contribution is 2.43. The van der Waals surface area contributed by atoms with Crippen molar-refractivity contribution < 1.29 is 37.3 Å². The first-order valence-corrected chi connectivity index (χ1v) is 32.4. The van der Waals surface area contributed by atoms with Crippen LogP contribution >= 0.6 is 7.82 Å². The molecule has 2 N–H and O–H groups in total. The number of likely N-dealkylation sites (N-methyl/N-ethyl adjacent to an activating group) is 1. The van der Waals surface area contributed by atoms with Gasteiger partial charge in [0, 0.05) is 12.8 Å². The van der Waals surface area contributed by atoms with Gasteiger partial charge in [0.1, 0.15) is 19.3 Å². The minimum absolute atomic E-state index is 0.0330. The quantitative estimate of drug-likeness (QED) is 0.0156. The molecule has 3 atom stereocenters. The summed E-state index contributed by atoms with van der Waals surface area (Å²) in [5.41, 5.74) is 0. The molecule has 0 spiro atoms. The molecule has 3 unspecified atom stereocenters. The Morgan fingerprint density at radius 1 is 0.493 bits per heavy atom. The molecule has 0 rings (SSSR count). The minimum atomic E-state index is -4.46. The van der Waals surface area contributed by atoms with Crippen molar-refractivity contribution in [2.75, 3.05) is 40.9 Å². The molecule has 0 bridgehead atoms. The summed E-state index contributed by atoms with van der Waals surface area (Å²) in [6.07, 6.45) is 71.4. The molecular formula is C65H118N2O7P+. The van der Waals surface area contributed by atoms with E-state index in [1.807, 2.05) is 33.3 Å². The van der Waals surface area contributed by atoms with Crippen LogP contribution in [0.2, 0.25) is 0 Å². The summed E-state index contributed by atoms with van der Waals surface area (Å²) < 4.78 is 30.7. The fourth-order valence-corrected chi connectivity index (χ4v) is 9.33. The van der Waals surface area contributed by atoms with E-state index < -0.39 is 20.0 Å². The molecule has 0 fully saturated rings. The first-order chi connectivity index (χ1) is 36.4. The van der Waals surface area contributed by atoms with Crippen LogP contribution in [0.15, 0.2) is 85.1 Å². The van der Waals surface area contributed by atoms with Gasteiger partial charge in [0.05, 0.1) is 33.8 Å². The summed E-state index contributed by atoms with van der Waals surface area (Å²) >= 11 is 0. The van der Waals surface area contributed by atoms with Gasteiger partial charge in [-0.15, -0.1) is 0 Å². The lowest BCUT2D eigenvalue weighted by Gasteiger charge is -2.27. The topological polar surface area (TPSA) is 111 Å². The standard InChI is InChI=1S/C65H117N2O7P/c1-7-10-13-16-19-22-25-28-30-31-32-33-34-35-37-40-43-46-49-52-55-58-65(69)74-63(56-53-50-47-44-41-38-27-24-21-18-15-12-9-3)62(61-73-75(70,71)72-60-59-67(4,5)6)66-64(68)57-54-51-48-45-42-39-36-29-26-23-20-17-14-11-8-2/h11,14,17,19-20,22-23,26,28,30,32-33,53,56,62-63H,7-10,12-13,15-16,18,21,24-25,27,29,31,34-52,54-55,57-61H2,1-6H3,(H-,66,68,70,71)/p+1/b14-11+,20-17+,22-19-,26-23+,30-28-,33-32-,56-53-. The van der Waals surface area contributed by atoms with Crippen LogP contribution in [0.5, 0.6) is 0 Å². The first-order valence-electron chi connectivity index (χ1n) is 30.9. The molecule has 0 saturated heterocycles. The second-order valence-corrected chi connectivity index (χ2v) is 23.4. The maximum absolute atomic E-state index is 13.5. The van der Waals surface area contributed by atoms with Gasteiger partial charge in [-0.2, -0.15) is 0 Å². The highest BCUT2D eigenvalue weighted by Gasteiger charge is 2.30. The SMILES string of the molecule is CC/C=C/C=C/C=C/CCCCCCCCCC(=O)NC(COP(=O)(O)OCC[N+](C)(C)C)C(/C=C\CCCCCCCCCCCCC)OC(=O)CCCCCCCCCC/C=C\C/C=C\C/C=C\CCCCC. The molecule has 0 aromatic carbocycles. The molecule has 0 saturated carbocycles. The van der Waals surface area contributed by atoms with E-state index in [0.29, 0.717) is 17.4 Å². The zero-order chi connectivity index (χ0) is 55.0. The number of quaternary nitrogens is 1. The molecule has 10 heteroatoms. The monoisotopic (exact) mass is 1070 g/mol. The summed E-state index contributed by atoms with van der Waals surface area (Å²) in [4.78, 5) is 37.7. The van der Waals surface area contributed by atoms with Crippen molar-refractivity contribution in [1.82, 2.24) is 5.32 Å². The number of amides is 1. The number of phosphoric acid groups is 1. The Labute approximate surface area is 463 Å². The van der Waals surface area contributed by atoms with E-state index in [0.717, 1.165) is 103 Å². The Bertz CT molecular complexity index is 1560. The van der Waals surface area contributed by atoms with Gasteiger partial charge in [0.15, 0.2) is 0 Å². The fraction of sp³-hybridized carbons (Fsp3) is 0.754. The third kappa shape index (κ3) is 55.7. The lowest BCUT2D eigenvalue weighted by atomic mass is 10.0. The molecule has 0 radical (unpaired) electrons. The van der Waals surface area contributed by atoms with Crippen LogP contribution in [0.25, 0.3) is 0 Å². The smallest absolute Gasteiger partial charge is 0.456 e. The largest absolute Gasteiger partial charge is 0.472 e. The lowest BCUT2D eigenvalue weighted by Crippen LogP contribution is -2.47. The number of rotatable bonds is 55. The van der Waals surface area contributed by atoms with Gasteiger partial charge in [-0.1, -0.05) is 247 Å². The van der Waals surface area contributed by atoms with Crippen molar-refractivity contribution >= 4 is 19.7 Å². The van der Waals surface area contributed by atoms with E-state index in [2.05, 4.69) is 99.0 Å². The molecule has 0 aliphatic heterocycles. The van der Waals surface area contributed by atoms with E-state index in [-0.39, 0.29) is 31.5 Å². The number of unbranched alkanes of at least 4 members (excludes halogenated alkanes) is 29. The van der Waals surface area contributed by atoms with E-state index in [4.69, 9.17) is 13.8 Å². The maximum Gasteiger partial charge on any atom is 0.472 e. The van der Waals surface area contributed by atoms with Gasteiger partial charge in [-0.25, -0.2) is 4.57 Å². The number of phosphoric ester groups is 1. The average molecular weight is 1070 g/mol. The molecule has 434 valence electrons. The Balaban J connectivity index is 5.29. The molecule has 75 heavy (non-hydrogen) atoms. The molecule has 0 aromatic heterocycles. The summed E-state index contributed by atoms with van der Waals surface area (Å²) in [6.45, 7) is 6.84. The molecule has 0 aromatic rings. The van der Waals surface area contributed by atoms with Crippen LogP contribution in [0.3, 0.4) is 0 Å².